The highest BCUT2D eigenvalue weighted by molar-refractivity contribution is 5.74. The number of amides is 2. The van der Waals surface area contributed by atoms with Gasteiger partial charge in [0.2, 0.25) is 0 Å². The van der Waals surface area contributed by atoms with Gasteiger partial charge in [-0.3, -0.25) is 0 Å². The van der Waals surface area contributed by atoms with Gasteiger partial charge in [-0.2, -0.15) is 0 Å². The lowest BCUT2D eigenvalue weighted by atomic mass is 10.3. The molecule has 0 unspecified atom stereocenters. The first-order valence-corrected chi connectivity index (χ1v) is 4.67. The second-order valence-electron chi connectivity index (χ2n) is 2.75. The molecule has 0 saturated heterocycles. The molecule has 0 atom stereocenters. The monoisotopic (exact) mass is 171 g/mol. The Morgan fingerprint density at radius 2 is 2.08 bits per heavy atom. The largest absolute Gasteiger partial charge is 0.338 e. The maximum atomic E-state index is 10.9. The van der Waals surface area contributed by atoms with E-state index in [0.717, 1.165) is 32.2 Å². The van der Waals surface area contributed by atoms with Crippen LogP contribution in [0, 0.1) is 6.54 Å². The number of rotatable bonds is 6. The van der Waals surface area contributed by atoms with Gasteiger partial charge in [0, 0.05) is 6.54 Å². The zero-order chi connectivity index (χ0) is 9.23. The number of nitrogens with one attached hydrogen (secondary N) is 2. The first-order valence-electron chi connectivity index (χ1n) is 4.67. The van der Waals surface area contributed by atoms with E-state index in [9.17, 15) is 4.79 Å². The van der Waals surface area contributed by atoms with Crippen LogP contribution in [0.5, 0.6) is 0 Å². The highest BCUT2D eigenvalue weighted by Crippen LogP contribution is 1.87. The summed E-state index contributed by atoms with van der Waals surface area (Å²) in [5, 5.41) is 5.43. The van der Waals surface area contributed by atoms with Gasteiger partial charge < -0.3 is 10.6 Å². The Bertz CT molecular complexity index is 103. The van der Waals surface area contributed by atoms with Crippen LogP contribution in [0.4, 0.5) is 4.79 Å². The minimum Gasteiger partial charge on any atom is -0.338 e. The Morgan fingerprint density at radius 3 is 2.67 bits per heavy atom. The summed E-state index contributed by atoms with van der Waals surface area (Å²) in [6.07, 6.45) is 4.15. The minimum absolute atomic E-state index is 0.0862. The molecule has 71 valence electrons. The zero-order valence-corrected chi connectivity index (χ0v) is 8.02. The Balaban J connectivity index is 3.10. The topological polar surface area (TPSA) is 41.1 Å². The van der Waals surface area contributed by atoms with Crippen LogP contribution in [0.1, 0.15) is 39.5 Å². The summed E-state index contributed by atoms with van der Waals surface area (Å²) >= 11 is 0. The molecule has 0 aliphatic rings. The molecule has 0 fully saturated rings. The molecule has 0 spiro atoms. The summed E-state index contributed by atoms with van der Waals surface area (Å²) in [6, 6.07) is -0.0862. The Hall–Kier alpha value is -0.730. The van der Waals surface area contributed by atoms with E-state index < -0.39 is 0 Å². The average Bonchev–Trinajstić information content (AvgIpc) is 2.06. The van der Waals surface area contributed by atoms with Gasteiger partial charge in [-0.05, 0) is 12.8 Å². The molecule has 0 aromatic carbocycles. The Labute approximate surface area is 74.9 Å². The number of unbranched alkanes of at least 4 members (excludes halogenated alkanes) is 2. The van der Waals surface area contributed by atoms with Gasteiger partial charge in [-0.1, -0.05) is 26.7 Å². The lowest BCUT2D eigenvalue weighted by Gasteiger charge is -2.04. The average molecular weight is 171 g/mol. The standard InChI is InChI=1S/C9H19N2O/c1-3-5-7-10-9(12)11-8-6-4-2/h7H,3-6,8H2,1-2H3,(H2,10,11,12). The van der Waals surface area contributed by atoms with E-state index in [1.165, 1.54) is 0 Å². The Kier molecular flexibility index (Phi) is 7.86. The molecule has 0 heterocycles. The molecular weight excluding hydrogens is 152 g/mol. The SMILES string of the molecule is CCC[CH]NC(=O)NCCCC. The van der Waals surface area contributed by atoms with Crippen molar-refractivity contribution in [3.05, 3.63) is 6.54 Å². The molecule has 2 amide bonds. The van der Waals surface area contributed by atoms with Crippen LogP contribution >= 0.6 is 0 Å². The number of carbonyl (C=O) groups excluding carboxylic acids is 1. The number of urea groups is 1. The molecule has 3 nitrogen and oxygen atoms in total. The summed E-state index contributed by atoms with van der Waals surface area (Å²) < 4.78 is 0. The fraction of sp³-hybridized carbons (Fsp3) is 0.778. The fourth-order valence-corrected chi connectivity index (χ4v) is 0.739. The first kappa shape index (κ1) is 11.3. The molecule has 0 aromatic heterocycles. The highest BCUT2D eigenvalue weighted by Gasteiger charge is 1.96. The maximum absolute atomic E-state index is 10.9. The quantitative estimate of drug-likeness (QED) is 0.590. The highest BCUT2D eigenvalue weighted by atomic mass is 16.2. The molecule has 12 heavy (non-hydrogen) atoms. The van der Waals surface area contributed by atoms with E-state index >= 15 is 0 Å². The lowest BCUT2D eigenvalue weighted by Crippen LogP contribution is -2.34. The van der Waals surface area contributed by atoms with E-state index in [-0.39, 0.29) is 6.03 Å². The molecule has 0 aliphatic carbocycles. The summed E-state index contributed by atoms with van der Waals surface area (Å²) in [5.74, 6) is 0. The van der Waals surface area contributed by atoms with E-state index in [0.29, 0.717) is 0 Å². The van der Waals surface area contributed by atoms with Crippen molar-refractivity contribution in [2.24, 2.45) is 0 Å². The minimum atomic E-state index is -0.0862. The molecule has 2 N–H and O–H groups in total. The first-order chi connectivity index (χ1) is 5.81. The number of hydrogen-bond donors (Lipinski definition) is 2. The molecule has 3 heteroatoms. The van der Waals surface area contributed by atoms with Crippen molar-refractivity contribution in [3.63, 3.8) is 0 Å². The van der Waals surface area contributed by atoms with Gasteiger partial charge in [-0.25, -0.2) is 4.79 Å². The maximum Gasteiger partial charge on any atom is 0.315 e. The van der Waals surface area contributed by atoms with Gasteiger partial charge >= 0.3 is 6.03 Å². The van der Waals surface area contributed by atoms with Crippen LogP contribution in [-0.2, 0) is 0 Å². The molecular formula is C9H19N2O. The molecule has 1 radical (unpaired) electrons. The van der Waals surface area contributed by atoms with Gasteiger partial charge in [0.05, 0.1) is 6.54 Å². The van der Waals surface area contributed by atoms with Gasteiger partial charge in [-0.15, -0.1) is 0 Å². The van der Waals surface area contributed by atoms with Crippen LogP contribution in [-0.4, -0.2) is 12.6 Å². The van der Waals surface area contributed by atoms with Crippen molar-refractivity contribution in [2.75, 3.05) is 6.54 Å². The number of hydrogen-bond acceptors (Lipinski definition) is 1. The van der Waals surface area contributed by atoms with Crippen molar-refractivity contribution >= 4 is 6.03 Å². The van der Waals surface area contributed by atoms with Gasteiger partial charge in [0.1, 0.15) is 0 Å². The molecule has 0 saturated carbocycles. The molecule has 0 aliphatic heterocycles. The van der Waals surface area contributed by atoms with Crippen molar-refractivity contribution in [3.8, 4) is 0 Å². The van der Waals surface area contributed by atoms with Crippen molar-refractivity contribution in [1.82, 2.24) is 10.6 Å². The summed E-state index contributed by atoms with van der Waals surface area (Å²) in [6.45, 7) is 6.74. The number of carbonyl (C=O) groups is 1. The Morgan fingerprint density at radius 1 is 1.33 bits per heavy atom. The van der Waals surface area contributed by atoms with Crippen LogP contribution in [0.25, 0.3) is 0 Å². The lowest BCUT2D eigenvalue weighted by molar-refractivity contribution is 0.242. The van der Waals surface area contributed by atoms with Crippen LogP contribution in [0.2, 0.25) is 0 Å². The third-order valence-corrected chi connectivity index (χ3v) is 1.48. The van der Waals surface area contributed by atoms with E-state index in [2.05, 4.69) is 24.5 Å². The summed E-state index contributed by atoms with van der Waals surface area (Å²) in [7, 11) is 0. The zero-order valence-electron chi connectivity index (χ0n) is 8.02. The fourth-order valence-electron chi connectivity index (χ4n) is 0.739. The van der Waals surface area contributed by atoms with Gasteiger partial charge in [0.25, 0.3) is 0 Å². The molecule has 0 rings (SSSR count). The third kappa shape index (κ3) is 7.38. The smallest absolute Gasteiger partial charge is 0.315 e. The van der Waals surface area contributed by atoms with Crippen molar-refractivity contribution in [2.45, 2.75) is 39.5 Å². The van der Waals surface area contributed by atoms with Crippen molar-refractivity contribution < 1.29 is 4.79 Å². The van der Waals surface area contributed by atoms with Crippen LogP contribution in [0.3, 0.4) is 0 Å². The van der Waals surface area contributed by atoms with E-state index in [1.807, 2.05) is 0 Å². The summed E-state index contributed by atoms with van der Waals surface area (Å²) in [5.41, 5.74) is 0. The van der Waals surface area contributed by atoms with Gasteiger partial charge in [0.15, 0.2) is 0 Å². The predicted molar refractivity (Wildman–Crippen MR) is 50.7 cm³/mol. The normalized spacial score (nSPS) is 9.50. The molecule has 0 bridgehead atoms. The summed E-state index contributed by atoms with van der Waals surface area (Å²) in [4.78, 5) is 10.9. The third-order valence-electron chi connectivity index (χ3n) is 1.48. The second kappa shape index (κ2) is 8.37. The van der Waals surface area contributed by atoms with Crippen molar-refractivity contribution in [1.29, 1.82) is 0 Å². The second-order valence-corrected chi connectivity index (χ2v) is 2.75. The van der Waals surface area contributed by atoms with Crippen LogP contribution in [0.15, 0.2) is 0 Å². The van der Waals surface area contributed by atoms with E-state index in [1.54, 1.807) is 6.54 Å². The van der Waals surface area contributed by atoms with E-state index in [4.69, 9.17) is 0 Å². The predicted octanol–water partition coefficient (Wildman–Crippen LogP) is 2.05. The molecule has 0 aromatic rings. The van der Waals surface area contributed by atoms with Crippen LogP contribution < -0.4 is 10.6 Å².